The van der Waals surface area contributed by atoms with Gasteiger partial charge in [-0.15, -0.1) is 0 Å². The molecule has 4 aromatic rings. The molecule has 0 aliphatic carbocycles. The van der Waals surface area contributed by atoms with Gasteiger partial charge in [-0.2, -0.15) is 5.26 Å². The second kappa shape index (κ2) is 8.99. The highest BCUT2D eigenvalue weighted by atomic mass is 19.1. The van der Waals surface area contributed by atoms with Gasteiger partial charge in [0.1, 0.15) is 17.7 Å². The van der Waals surface area contributed by atoms with Crippen LogP contribution in [0.1, 0.15) is 22.3 Å². The average Bonchev–Trinajstić information content (AvgIpc) is 2.79. The van der Waals surface area contributed by atoms with Gasteiger partial charge in [0.05, 0.1) is 12.2 Å². The maximum atomic E-state index is 15.1. The monoisotopic (exact) mass is 415 g/mol. The zero-order chi connectivity index (χ0) is 21.8. The van der Waals surface area contributed by atoms with E-state index in [0.29, 0.717) is 36.2 Å². The fourth-order valence-corrected chi connectivity index (χ4v) is 3.50. The number of hydrogen-bond donors (Lipinski definition) is 0. The van der Waals surface area contributed by atoms with Gasteiger partial charge in [0, 0.05) is 36.0 Å². The summed E-state index contributed by atoms with van der Waals surface area (Å²) >= 11 is 0. The number of ether oxygens (including phenoxy) is 1. The van der Waals surface area contributed by atoms with Crippen molar-refractivity contribution >= 4 is 10.8 Å². The van der Waals surface area contributed by atoms with Gasteiger partial charge in [-0.1, -0.05) is 30.3 Å². The predicted octanol–water partition coefficient (Wildman–Crippen LogP) is 5.38. The molecule has 154 valence electrons. The summed E-state index contributed by atoms with van der Waals surface area (Å²) in [5, 5.41) is 10.1. The van der Waals surface area contributed by atoms with Crippen LogP contribution in [0.2, 0.25) is 0 Å². The van der Waals surface area contributed by atoms with Gasteiger partial charge in [-0.05, 0) is 47.6 Å². The molecule has 0 aliphatic heterocycles. The molecule has 0 radical (unpaired) electrons. The van der Waals surface area contributed by atoms with Crippen LogP contribution in [0.5, 0.6) is 0 Å². The Morgan fingerprint density at radius 2 is 1.74 bits per heavy atom. The Hall–Kier alpha value is -3.69. The molecule has 31 heavy (non-hydrogen) atoms. The first-order valence-electron chi connectivity index (χ1n) is 9.79. The third-order valence-electron chi connectivity index (χ3n) is 5.15. The molecule has 0 atom stereocenters. The van der Waals surface area contributed by atoms with Gasteiger partial charge in [0.15, 0.2) is 5.82 Å². The minimum atomic E-state index is -0.552. The van der Waals surface area contributed by atoms with E-state index in [0.717, 1.165) is 22.1 Å². The van der Waals surface area contributed by atoms with Crippen molar-refractivity contribution in [3.63, 3.8) is 0 Å². The van der Waals surface area contributed by atoms with E-state index in [1.807, 2.05) is 12.1 Å². The summed E-state index contributed by atoms with van der Waals surface area (Å²) in [5.41, 5.74) is 2.97. The molecule has 1 heterocycles. The molecule has 0 saturated carbocycles. The first-order chi connectivity index (χ1) is 15.1. The maximum Gasteiger partial charge on any atom is 0.159 e. The molecule has 0 amide bonds. The molecule has 0 N–H and O–H groups in total. The Balaban J connectivity index is 1.56. The van der Waals surface area contributed by atoms with E-state index in [9.17, 15) is 4.39 Å². The molecule has 4 nitrogen and oxygen atoms in total. The summed E-state index contributed by atoms with van der Waals surface area (Å²) in [6.07, 6.45) is 4.33. The SMILES string of the molecule is COCc1cnc(-c2ccc3c(F)c(CCc4ccc(C#N)c(F)c4)ccc3c2)nc1. The number of aryl methyl sites for hydroxylation is 2. The molecule has 0 aliphatic rings. The number of rotatable bonds is 6. The molecular formula is C25H19F2N3O. The van der Waals surface area contributed by atoms with E-state index in [-0.39, 0.29) is 11.4 Å². The van der Waals surface area contributed by atoms with Crippen LogP contribution in [0.4, 0.5) is 8.78 Å². The van der Waals surface area contributed by atoms with Crippen molar-refractivity contribution in [2.24, 2.45) is 0 Å². The van der Waals surface area contributed by atoms with Crippen LogP contribution in [0.25, 0.3) is 22.2 Å². The highest BCUT2D eigenvalue weighted by molar-refractivity contribution is 5.87. The van der Waals surface area contributed by atoms with Crippen molar-refractivity contribution in [3.05, 3.63) is 94.8 Å². The van der Waals surface area contributed by atoms with E-state index in [1.165, 1.54) is 12.1 Å². The lowest BCUT2D eigenvalue weighted by molar-refractivity contribution is 0.184. The first kappa shape index (κ1) is 20.6. The Morgan fingerprint density at radius 1 is 0.935 bits per heavy atom. The van der Waals surface area contributed by atoms with Crippen molar-refractivity contribution in [1.29, 1.82) is 5.26 Å². The Labute approximate surface area is 178 Å². The minimum Gasteiger partial charge on any atom is -0.380 e. The lowest BCUT2D eigenvalue weighted by Gasteiger charge is -2.09. The fourth-order valence-electron chi connectivity index (χ4n) is 3.50. The molecule has 3 aromatic carbocycles. The maximum absolute atomic E-state index is 15.1. The van der Waals surface area contributed by atoms with Crippen LogP contribution in [-0.2, 0) is 24.2 Å². The standard InChI is InChI=1S/C25H19F2N3O/c1-31-15-17-13-29-25(30-14-17)20-8-9-22-19(11-20)7-6-18(24(22)27)4-2-16-3-5-21(12-28)23(26)10-16/h3,5-11,13-14H,2,4,15H2,1H3. The van der Waals surface area contributed by atoms with Crippen molar-refractivity contribution in [1.82, 2.24) is 9.97 Å². The lowest BCUT2D eigenvalue weighted by atomic mass is 9.98. The van der Waals surface area contributed by atoms with Crippen LogP contribution < -0.4 is 0 Å². The molecule has 1 aromatic heterocycles. The minimum absolute atomic E-state index is 0.00811. The predicted molar refractivity (Wildman–Crippen MR) is 114 cm³/mol. The Morgan fingerprint density at radius 3 is 2.45 bits per heavy atom. The number of halogens is 2. The number of nitrogens with zero attached hydrogens (tertiary/aromatic N) is 3. The molecule has 0 unspecified atom stereocenters. The van der Waals surface area contributed by atoms with Gasteiger partial charge in [0.25, 0.3) is 0 Å². The number of hydrogen-bond acceptors (Lipinski definition) is 4. The normalized spacial score (nSPS) is 10.9. The molecule has 0 bridgehead atoms. The number of aromatic nitrogens is 2. The average molecular weight is 415 g/mol. The largest absolute Gasteiger partial charge is 0.380 e. The molecule has 0 fully saturated rings. The smallest absolute Gasteiger partial charge is 0.159 e. The van der Waals surface area contributed by atoms with Crippen LogP contribution in [0.15, 0.2) is 60.9 Å². The number of nitriles is 1. The summed E-state index contributed by atoms with van der Waals surface area (Å²) in [5.74, 6) is -0.271. The van der Waals surface area contributed by atoms with Gasteiger partial charge >= 0.3 is 0 Å². The molecule has 0 spiro atoms. The molecule has 0 saturated heterocycles. The van der Waals surface area contributed by atoms with Gasteiger partial charge in [-0.25, -0.2) is 18.7 Å². The Bertz CT molecular complexity index is 1280. The van der Waals surface area contributed by atoms with Gasteiger partial charge in [0.2, 0.25) is 0 Å². The molecular weight excluding hydrogens is 396 g/mol. The van der Waals surface area contributed by atoms with Crippen LogP contribution in [0, 0.1) is 23.0 Å². The van der Waals surface area contributed by atoms with Gasteiger partial charge < -0.3 is 4.74 Å². The highest BCUT2D eigenvalue weighted by Gasteiger charge is 2.11. The van der Waals surface area contributed by atoms with Crippen LogP contribution in [-0.4, -0.2) is 17.1 Å². The molecule has 4 rings (SSSR count). The first-order valence-corrected chi connectivity index (χ1v) is 9.79. The number of benzene rings is 3. The fraction of sp³-hybridized carbons (Fsp3) is 0.160. The van der Waals surface area contributed by atoms with Gasteiger partial charge in [-0.3, -0.25) is 0 Å². The van der Waals surface area contributed by atoms with E-state index in [2.05, 4.69) is 9.97 Å². The van der Waals surface area contributed by atoms with Crippen LogP contribution >= 0.6 is 0 Å². The summed E-state index contributed by atoms with van der Waals surface area (Å²) < 4.78 is 33.9. The van der Waals surface area contributed by atoms with Crippen molar-refractivity contribution < 1.29 is 13.5 Å². The quantitative estimate of drug-likeness (QED) is 0.424. The summed E-state index contributed by atoms with van der Waals surface area (Å²) in [7, 11) is 1.61. The summed E-state index contributed by atoms with van der Waals surface area (Å²) in [4.78, 5) is 8.72. The van der Waals surface area contributed by atoms with E-state index in [1.54, 1.807) is 49.8 Å². The zero-order valence-corrected chi connectivity index (χ0v) is 16.9. The molecule has 6 heteroatoms. The van der Waals surface area contributed by atoms with Crippen molar-refractivity contribution in [2.75, 3.05) is 7.11 Å². The van der Waals surface area contributed by atoms with Crippen LogP contribution in [0.3, 0.4) is 0 Å². The van der Waals surface area contributed by atoms with E-state index >= 15 is 4.39 Å². The zero-order valence-electron chi connectivity index (χ0n) is 16.9. The lowest BCUT2D eigenvalue weighted by Crippen LogP contribution is -1.98. The second-order valence-corrected chi connectivity index (χ2v) is 7.25. The van der Waals surface area contributed by atoms with Crippen molar-refractivity contribution in [2.45, 2.75) is 19.4 Å². The van der Waals surface area contributed by atoms with Crippen molar-refractivity contribution in [3.8, 4) is 17.5 Å². The van der Waals surface area contributed by atoms with E-state index in [4.69, 9.17) is 10.00 Å². The third kappa shape index (κ3) is 4.42. The number of methoxy groups -OCH3 is 1. The summed E-state index contributed by atoms with van der Waals surface area (Å²) in [6.45, 7) is 0.446. The third-order valence-corrected chi connectivity index (χ3v) is 5.15. The Kier molecular flexibility index (Phi) is 5.96. The topological polar surface area (TPSA) is 58.8 Å². The highest BCUT2D eigenvalue weighted by Crippen LogP contribution is 2.27. The number of fused-ring (bicyclic) bond motifs is 1. The second-order valence-electron chi connectivity index (χ2n) is 7.25. The summed E-state index contributed by atoms with van der Waals surface area (Å²) in [6, 6.07) is 15.3. The van der Waals surface area contributed by atoms with E-state index < -0.39 is 5.82 Å².